The van der Waals surface area contributed by atoms with Crippen LogP contribution in [0.25, 0.3) is 0 Å². The smallest absolute Gasteiger partial charge is 0.353 e. The van der Waals surface area contributed by atoms with E-state index in [1.54, 1.807) is 26.8 Å². The first-order chi connectivity index (χ1) is 5.75. The van der Waals surface area contributed by atoms with E-state index in [0.717, 1.165) is 0 Å². The maximum Gasteiger partial charge on any atom is 0.353 e. The van der Waals surface area contributed by atoms with Crippen LogP contribution in [0.1, 0.15) is 27.7 Å². The summed E-state index contributed by atoms with van der Waals surface area (Å²) in [6, 6.07) is 1.75. The number of hydrogen-bond acceptors (Lipinski definition) is 4. The molecule has 4 nitrogen and oxygen atoms in total. The summed E-state index contributed by atoms with van der Waals surface area (Å²) in [6.07, 6.45) is 0. The predicted molar refractivity (Wildman–Crippen MR) is 46.9 cm³/mol. The van der Waals surface area contributed by atoms with Gasteiger partial charge in [0.2, 0.25) is 5.60 Å². The number of carbonyl (C=O) groups excluding carboxylic acids is 1. The second-order valence-electron chi connectivity index (χ2n) is 3.85. The van der Waals surface area contributed by atoms with Crippen molar-refractivity contribution in [1.29, 1.82) is 5.26 Å². The molecule has 0 amide bonds. The van der Waals surface area contributed by atoms with Crippen LogP contribution in [0.3, 0.4) is 0 Å². The minimum absolute atomic E-state index is 0.603. The zero-order valence-corrected chi connectivity index (χ0v) is 8.67. The van der Waals surface area contributed by atoms with Gasteiger partial charge in [0, 0.05) is 7.11 Å². The number of rotatable bonds is 2. The quantitative estimate of drug-likeness (QED) is 0.607. The molecule has 1 atom stereocenters. The monoisotopic (exact) mass is 185 g/mol. The van der Waals surface area contributed by atoms with E-state index >= 15 is 0 Å². The van der Waals surface area contributed by atoms with Crippen molar-refractivity contribution < 1.29 is 14.3 Å². The summed E-state index contributed by atoms with van der Waals surface area (Å²) in [5, 5.41) is 8.68. The molecule has 0 aliphatic rings. The van der Waals surface area contributed by atoms with Gasteiger partial charge in [0.05, 0.1) is 0 Å². The predicted octanol–water partition coefficient (Wildman–Crippen LogP) is 1.26. The van der Waals surface area contributed by atoms with E-state index in [2.05, 4.69) is 0 Å². The van der Waals surface area contributed by atoms with Crippen molar-refractivity contribution in [2.75, 3.05) is 7.11 Å². The van der Waals surface area contributed by atoms with Crippen LogP contribution in [-0.4, -0.2) is 24.3 Å². The molecule has 0 aromatic heterocycles. The summed E-state index contributed by atoms with van der Waals surface area (Å²) in [4.78, 5) is 11.4. The van der Waals surface area contributed by atoms with E-state index in [0.29, 0.717) is 0 Å². The maximum atomic E-state index is 11.4. The Hall–Kier alpha value is -1.08. The van der Waals surface area contributed by atoms with E-state index in [1.807, 2.05) is 0 Å². The first-order valence-corrected chi connectivity index (χ1v) is 3.95. The van der Waals surface area contributed by atoms with Crippen LogP contribution in [-0.2, 0) is 14.3 Å². The number of nitriles is 1. The largest absolute Gasteiger partial charge is 0.457 e. The molecule has 0 rings (SSSR count). The Kier molecular flexibility index (Phi) is 3.44. The molecule has 13 heavy (non-hydrogen) atoms. The summed E-state index contributed by atoms with van der Waals surface area (Å²) in [5.74, 6) is -0.662. The lowest BCUT2D eigenvalue weighted by atomic mass is 10.1. The van der Waals surface area contributed by atoms with Gasteiger partial charge in [-0.3, -0.25) is 0 Å². The molecule has 0 bridgehead atoms. The molecule has 1 unspecified atom stereocenters. The summed E-state index contributed by atoms with van der Waals surface area (Å²) in [6.45, 7) is 6.58. The second kappa shape index (κ2) is 3.75. The van der Waals surface area contributed by atoms with Crippen LogP contribution in [0.5, 0.6) is 0 Å². The van der Waals surface area contributed by atoms with Gasteiger partial charge in [-0.25, -0.2) is 4.79 Å². The normalized spacial score (nSPS) is 15.7. The molecule has 0 aliphatic carbocycles. The molecular formula is C9H15NO3. The molecule has 0 spiro atoms. The highest BCUT2D eigenvalue weighted by Gasteiger charge is 2.37. The Balaban J connectivity index is 4.53. The molecule has 0 N–H and O–H groups in total. The van der Waals surface area contributed by atoms with Gasteiger partial charge in [-0.15, -0.1) is 0 Å². The van der Waals surface area contributed by atoms with E-state index in [1.165, 1.54) is 14.0 Å². The van der Waals surface area contributed by atoms with Crippen molar-refractivity contribution in [3.8, 4) is 6.07 Å². The van der Waals surface area contributed by atoms with E-state index in [4.69, 9.17) is 14.7 Å². The Morgan fingerprint density at radius 2 is 1.77 bits per heavy atom. The number of ether oxygens (including phenoxy) is 2. The summed E-state index contributed by atoms with van der Waals surface area (Å²) in [7, 11) is 1.30. The molecule has 0 fully saturated rings. The molecule has 0 heterocycles. The van der Waals surface area contributed by atoms with Crippen LogP contribution in [0.4, 0.5) is 0 Å². The third kappa shape index (κ3) is 3.43. The topological polar surface area (TPSA) is 59.3 Å². The molecule has 0 aromatic carbocycles. The van der Waals surface area contributed by atoms with Crippen molar-refractivity contribution in [3.05, 3.63) is 0 Å². The molecular weight excluding hydrogens is 170 g/mol. The van der Waals surface area contributed by atoms with Gasteiger partial charge in [-0.2, -0.15) is 5.26 Å². The molecule has 74 valence electrons. The van der Waals surface area contributed by atoms with Crippen LogP contribution < -0.4 is 0 Å². The molecule has 0 saturated heterocycles. The number of hydrogen-bond donors (Lipinski definition) is 0. The first kappa shape index (κ1) is 11.9. The van der Waals surface area contributed by atoms with Gasteiger partial charge < -0.3 is 9.47 Å². The number of carbonyl (C=O) groups is 1. The van der Waals surface area contributed by atoms with Crippen LogP contribution in [0.15, 0.2) is 0 Å². The summed E-state index contributed by atoms with van der Waals surface area (Å²) >= 11 is 0. The van der Waals surface area contributed by atoms with E-state index < -0.39 is 17.2 Å². The average molecular weight is 185 g/mol. The van der Waals surface area contributed by atoms with E-state index in [-0.39, 0.29) is 0 Å². The molecule has 4 heteroatoms. The molecule has 0 saturated carbocycles. The van der Waals surface area contributed by atoms with Crippen molar-refractivity contribution >= 4 is 5.97 Å². The highest BCUT2D eigenvalue weighted by molar-refractivity contribution is 5.82. The van der Waals surface area contributed by atoms with Crippen LogP contribution >= 0.6 is 0 Å². The lowest BCUT2D eigenvalue weighted by Gasteiger charge is -2.25. The zero-order valence-electron chi connectivity index (χ0n) is 8.67. The fraction of sp³-hybridized carbons (Fsp3) is 0.778. The maximum absolute atomic E-state index is 11.4. The fourth-order valence-corrected chi connectivity index (χ4v) is 0.550. The standard InChI is InChI=1S/C9H15NO3/c1-8(2,3)13-7(11)9(4,6-10)12-5/h1-5H3. The summed E-state index contributed by atoms with van der Waals surface area (Å²) < 4.78 is 9.76. The highest BCUT2D eigenvalue weighted by atomic mass is 16.6. The SMILES string of the molecule is COC(C)(C#N)C(=O)OC(C)(C)C. The van der Waals surface area contributed by atoms with Crippen molar-refractivity contribution in [2.45, 2.75) is 38.9 Å². The van der Waals surface area contributed by atoms with Crippen molar-refractivity contribution in [2.24, 2.45) is 0 Å². The Bertz CT molecular complexity index is 236. The lowest BCUT2D eigenvalue weighted by Crippen LogP contribution is -2.41. The van der Waals surface area contributed by atoms with Crippen molar-refractivity contribution in [3.63, 3.8) is 0 Å². The van der Waals surface area contributed by atoms with Gasteiger partial charge in [0.1, 0.15) is 11.7 Å². The Labute approximate surface area is 78.4 Å². The van der Waals surface area contributed by atoms with Gasteiger partial charge >= 0.3 is 5.97 Å². The third-order valence-electron chi connectivity index (χ3n) is 1.41. The molecule has 0 aromatic rings. The van der Waals surface area contributed by atoms with Gasteiger partial charge in [0.25, 0.3) is 0 Å². The Morgan fingerprint density at radius 3 is 2.00 bits per heavy atom. The van der Waals surface area contributed by atoms with Crippen LogP contribution in [0.2, 0.25) is 0 Å². The fourth-order valence-electron chi connectivity index (χ4n) is 0.550. The Morgan fingerprint density at radius 1 is 1.31 bits per heavy atom. The summed E-state index contributed by atoms with van der Waals surface area (Å²) in [5.41, 5.74) is -2.11. The second-order valence-corrected chi connectivity index (χ2v) is 3.85. The number of nitrogens with zero attached hydrogens (tertiary/aromatic N) is 1. The van der Waals surface area contributed by atoms with Crippen molar-refractivity contribution in [1.82, 2.24) is 0 Å². The third-order valence-corrected chi connectivity index (χ3v) is 1.41. The van der Waals surface area contributed by atoms with Gasteiger partial charge in [-0.05, 0) is 27.7 Å². The molecule has 0 radical (unpaired) electrons. The average Bonchev–Trinajstić information content (AvgIpc) is 2.00. The lowest BCUT2D eigenvalue weighted by molar-refractivity contribution is -0.172. The highest BCUT2D eigenvalue weighted by Crippen LogP contribution is 2.16. The first-order valence-electron chi connectivity index (χ1n) is 3.95. The zero-order chi connectivity index (χ0) is 10.7. The number of methoxy groups -OCH3 is 1. The van der Waals surface area contributed by atoms with E-state index in [9.17, 15) is 4.79 Å². The minimum atomic E-state index is -1.51. The number of esters is 1. The van der Waals surface area contributed by atoms with Gasteiger partial charge in [-0.1, -0.05) is 0 Å². The minimum Gasteiger partial charge on any atom is -0.457 e. The van der Waals surface area contributed by atoms with Crippen LogP contribution in [0, 0.1) is 11.3 Å². The molecule has 0 aliphatic heterocycles. The van der Waals surface area contributed by atoms with Gasteiger partial charge in [0.15, 0.2) is 0 Å².